The van der Waals surface area contributed by atoms with Crippen molar-refractivity contribution in [2.45, 2.75) is 37.2 Å². The first kappa shape index (κ1) is 13.6. The molecule has 1 rings (SSSR count). The Hall–Kier alpha value is -0.510. The summed E-state index contributed by atoms with van der Waals surface area (Å²) in [5.74, 6) is 1.29. The van der Waals surface area contributed by atoms with Gasteiger partial charge in [0.2, 0.25) is 0 Å². The van der Waals surface area contributed by atoms with Crippen LogP contribution in [0.3, 0.4) is 0 Å². The second-order valence-corrected chi connectivity index (χ2v) is 5.36. The van der Waals surface area contributed by atoms with Crippen molar-refractivity contribution < 1.29 is 5.11 Å². The fourth-order valence-corrected chi connectivity index (χ4v) is 2.30. The number of hydrogen-bond donors (Lipinski definition) is 2. The lowest BCUT2D eigenvalue weighted by Crippen LogP contribution is -2.15. The molecule has 0 aromatic heterocycles. The molecule has 0 spiro atoms. The highest BCUT2D eigenvalue weighted by Gasteiger charge is 2.04. The molecule has 0 aliphatic heterocycles. The Morgan fingerprint density at radius 1 is 1.25 bits per heavy atom. The van der Waals surface area contributed by atoms with Gasteiger partial charge in [-0.2, -0.15) is 0 Å². The van der Waals surface area contributed by atoms with Gasteiger partial charge in [-0.05, 0) is 36.6 Å². The van der Waals surface area contributed by atoms with Crippen molar-refractivity contribution in [2.75, 3.05) is 12.3 Å². The van der Waals surface area contributed by atoms with Crippen molar-refractivity contribution in [1.29, 1.82) is 0 Å². The maximum Gasteiger partial charge on any atom is 0.0646 e. The summed E-state index contributed by atoms with van der Waals surface area (Å²) in [4.78, 5) is 1.21. The molecule has 90 valence electrons. The van der Waals surface area contributed by atoms with Crippen molar-refractivity contribution >= 4 is 11.8 Å². The maximum absolute atomic E-state index is 9.55. The average molecular weight is 239 g/mol. The number of rotatable bonds is 6. The number of aliphatic hydroxyl groups excluding tert-OH is 1. The number of benzene rings is 1. The summed E-state index contributed by atoms with van der Waals surface area (Å²) in [6.45, 7) is 4.92. The predicted octanol–water partition coefficient (Wildman–Crippen LogP) is 2.61. The Morgan fingerprint density at radius 3 is 2.38 bits per heavy atom. The second-order valence-electron chi connectivity index (χ2n) is 4.27. The molecule has 0 aliphatic carbocycles. The van der Waals surface area contributed by atoms with E-state index in [2.05, 4.69) is 38.1 Å². The third kappa shape index (κ3) is 4.56. The zero-order chi connectivity index (χ0) is 12.0. The molecule has 0 amide bonds. The molecule has 0 fully saturated rings. The van der Waals surface area contributed by atoms with Gasteiger partial charge in [0, 0.05) is 10.6 Å². The highest BCUT2D eigenvalue weighted by molar-refractivity contribution is 7.99. The van der Waals surface area contributed by atoms with Gasteiger partial charge in [-0.15, -0.1) is 11.8 Å². The standard InChI is InChI=1S/C13H21NOS/c1-10(2)11-3-5-13(6-4-11)16-9-12(15)7-8-14/h3-6,10,12,15H,7-9,14H2,1-2H3. The number of hydrogen-bond acceptors (Lipinski definition) is 3. The zero-order valence-corrected chi connectivity index (χ0v) is 10.8. The second kappa shape index (κ2) is 6.94. The molecule has 0 heterocycles. The normalized spacial score (nSPS) is 13.1. The summed E-state index contributed by atoms with van der Waals surface area (Å²) in [5, 5.41) is 9.55. The van der Waals surface area contributed by atoms with Gasteiger partial charge in [0.1, 0.15) is 0 Å². The van der Waals surface area contributed by atoms with Crippen LogP contribution in [0.2, 0.25) is 0 Å². The molecule has 3 N–H and O–H groups in total. The monoisotopic (exact) mass is 239 g/mol. The van der Waals surface area contributed by atoms with Crippen LogP contribution in [-0.4, -0.2) is 23.5 Å². The van der Waals surface area contributed by atoms with Crippen molar-refractivity contribution in [3.05, 3.63) is 29.8 Å². The Kier molecular flexibility index (Phi) is 5.88. The molecule has 16 heavy (non-hydrogen) atoms. The highest BCUT2D eigenvalue weighted by atomic mass is 32.2. The molecular weight excluding hydrogens is 218 g/mol. The number of aliphatic hydroxyl groups is 1. The molecule has 1 unspecified atom stereocenters. The highest BCUT2D eigenvalue weighted by Crippen LogP contribution is 2.22. The zero-order valence-electron chi connectivity index (χ0n) is 10.0. The van der Waals surface area contributed by atoms with Gasteiger partial charge in [0.25, 0.3) is 0 Å². The maximum atomic E-state index is 9.55. The third-order valence-corrected chi connectivity index (χ3v) is 3.65. The fourth-order valence-electron chi connectivity index (χ4n) is 1.42. The van der Waals surface area contributed by atoms with E-state index in [0.29, 0.717) is 18.9 Å². The van der Waals surface area contributed by atoms with E-state index in [1.807, 2.05) is 0 Å². The minimum Gasteiger partial charge on any atom is -0.392 e. The van der Waals surface area contributed by atoms with Crippen LogP contribution in [0.5, 0.6) is 0 Å². The number of thioether (sulfide) groups is 1. The summed E-state index contributed by atoms with van der Waals surface area (Å²) in [5.41, 5.74) is 6.74. The minimum atomic E-state index is -0.292. The quantitative estimate of drug-likeness (QED) is 0.750. The fraction of sp³-hybridized carbons (Fsp3) is 0.538. The molecule has 1 aromatic carbocycles. The summed E-state index contributed by atoms with van der Waals surface area (Å²) in [7, 11) is 0. The first-order valence-electron chi connectivity index (χ1n) is 5.74. The molecular formula is C13H21NOS. The van der Waals surface area contributed by atoms with Gasteiger partial charge in [0.15, 0.2) is 0 Å². The van der Waals surface area contributed by atoms with Crippen LogP contribution in [0.15, 0.2) is 29.2 Å². The molecule has 0 radical (unpaired) electrons. The Bertz CT molecular complexity index is 297. The van der Waals surface area contributed by atoms with Crippen LogP contribution in [0.4, 0.5) is 0 Å². The first-order valence-corrected chi connectivity index (χ1v) is 6.73. The minimum absolute atomic E-state index is 0.292. The van der Waals surface area contributed by atoms with E-state index in [0.717, 1.165) is 5.75 Å². The smallest absolute Gasteiger partial charge is 0.0646 e. The van der Waals surface area contributed by atoms with Crippen LogP contribution in [0, 0.1) is 0 Å². The van der Waals surface area contributed by atoms with E-state index in [1.165, 1.54) is 10.5 Å². The van der Waals surface area contributed by atoms with Crippen molar-refractivity contribution in [2.24, 2.45) is 5.73 Å². The van der Waals surface area contributed by atoms with E-state index in [9.17, 15) is 5.11 Å². The van der Waals surface area contributed by atoms with Gasteiger partial charge in [-0.3, -0.25) is 0 Å². The first-order chi connectivity index (χ1) is 7.63. The summed E-state index contributed by atoms with van der Waals surface area (Å²) in [6.07, 6.45) is 0.386. The molecule has 1 atom stereocenters. The predicted molar refractivity (Wildman–Crippen MR) is 70.9 cm³/mol. The molecule has 2 nitrogen and oxygen atoms in total. The Morgan fingerprint density at radius 2 is 1.88 bits per heavy atom. The largest absolute Gasteiger partial charge is 0.392 e. The van der Waals surface area contributed by atoms with Gasteiger partial charge >= 0.3 is 0 Å². The van der Waals surface area contributed by atoms with Crippen LogP contribution < -0.4 is 5.73 Å². The van der Waals surface area contributed by atoms with Gasteiger partial charge in [0.05, 0.1) is 6.10 Å². The topological polar surface area (TPSA) is 46.2 Å². The van der Waals surface area contributed by atoms with Crippen LogP contribution in [0.25, 0.3) is 0 Å². The molecule has 3 heteroatoms. The Balaban J connectivity index is 2.43. The summed E-state index contributed by atoms with van der Waals surface area (Å²) < 4.78 is 0. The Labute approximate surface area is 102 Å². The molecule has 0 saturated heterocycles. The van der Waals surface area contributed by atoms with E-state index in [-0.39, 0.29) is 6.10 Å². The van der Waals surface area contributed by atoms with Crippen molar-refractivity contribution in [3.63, 3.8) is 0 Å². The average Bonchev–Trinajstić information content (AvgIpc) is 2.27. The van der Waals surface area contributed by atoms with Crippen LogP contribution in [-0.2, 0) is 0 Å². The lowest BCUT2D eigenvalue weighted by atomic mass is 10.0. The van der Waals surface area contributed by atoms with E-state index in [1.54, 1.807) is 11.8 Å². The van der Waals surface area contributed by atoms with E-state index >= 15 is 0 Å². The summed E-state index contributed by atoms with van der Waals surface area (Å²) >= 11 is 1.68. The lowest BCUT2D eigenvalue weighted by Gasteiger charge is -2.09. The SMILES string of the molecule is CC(C)c1ccc(SCC(O)CCN)cc1. The van der Waals surface area contributed by atoms with E-state index in [4.69, 9.17) is 5.73 Å². The van der Waals surface area contributed by atoms with Crippen LogP contribution in [0.1, 0.15) is 31.7 Å². The molecule has 0 bridgehead atoms. The molecule has 1 aromatic rings. The van der Waals surface area contributed by atoms with Crippen molar-refractivity contribution in [1.82, 2.24) is 0 Å². The van der Waals surface area contributed by atoms with E-state index < -0.39 is 0 Å². The number of nitrogens with two attached hydrogens (primary N) is 1. The lowest BCUT2D eigenvalue weighted by molar-refractivity contribution is 0.192. The molecule has 0 aliphatic rings. The molecule has 0 saturated carbocycles. The van der Waals surface area contributed by atoms with Gasteiger partial charge in [-0.25, -0.2) is 0 Å². The van der Waals surface area contributed by atoms with Gasteiger partial charge < -0.3 is 10.8 Å². The van der Waals surface area contributed by atoms with Crippen molar-refractivity contribution in [3.8, 4) is 0 Å². The summed E-state index contributed by atoms with van der Waals surface area (Å²) in [6, 6.07) is 8.55. The van der Waals surface area contributed by atoms with Gasteiger partial charge in [-0.1, -0.05) is 26.0 Å². The van der Waals surface area contributed by atoms with Crippen LogP contribution >= 0.6 is 11.8 Å². The third-order valence-electron chi connectivity index (χ3n) is 2.49.